The highest BCUT2D eigenvalue weighted by Gasteiger charge is 2.44. The number of aliphatic hydroxyl groups excluding tert-OH is 1. The summed E-state index contributed by atoms with van der Waals surface area (Å²) in [6.45, 7) is 8.18. The topological polar surface area (TPSA) is 81.2 Å². The molecule has 1 saturated heterocycles. The number of benzene rings is 2. The Kier molecular flexibility index (Phi) is 6.44. The Morgan fingerprint density at radius 2 is 1.74 bits per heavy atom. The van der Waals surface area contributed by atoms with Crippen LogP contribution >= 0.6 is 11.6 Å². The number of rotatable bonds is 3. The summed E-state index contributed by atoms with van der Waals surface area (Å²) in [4.78, 5) is 44.8. The maximum Gasteiger partial charge on any atom is 0.256 e. The second-order valence-electron chi connectivity index (χ2n) is 9.89. The number of amides is 3. The highest BCUT2D eigenvalue weighted by atomic mass is 35.5. The van der Waals surface area contributed by atoms with Gasteiger partial charge in [-0.25, -0.2) is 0 Å². The van der Waals surface area contributed by atoms with E-state index in [1.165, 1.54) is 4.90 Å². The van der Waals surface area contributed by atoms with Gasteiger partial charge in [-0.15, -0.1) is 0 Å². The first-order chi connectivity index (χ1) is 16.0. The van der Waals surface area contributed by atoms with Gasteiger partial charge in [-0.3, -0.25) is 14.4 Å². The first-order valence-electron chi connectivity index (χ1n) is 11.5. The molecule has 1 unspecified atom stereocenters. The van der Waals surface area contributed by atoms with Crippen molar-refractivity contribution in [3.8, 4) is 11.1 Å². The summed E-state index contributed by atoms with van der Waals surface area (Å²) >= 11 is 6.02. The lowest BCUT2D eigenvalue weighted by atomic mass is 9.88. The lowest BCUT2D eigenvalue weighted by Crippen LogP contribution is -2.62. The molecule has 34 heavy (non-hydrogen) atoms. The number of piperazine rings is 1. The fourth-order valence-corrected chi connectivity index (χ4v) is 4.65. The van der Waals surface area contributed by atoms with Gasteiger partial charge < -0.3 is 19.8 Å². The average molecular weight is 484 g/mol. The van der Waals surface area contributed by atoms with Crippen LogP contribution in [0.15, 0.2) is 42.5 Å². The molecule has 8 heteroatoms. The van der Waals surface area contributed by atoms with E-state index in [0.717, 1.165) is 11.1 Å². The Bertz CT molecular complexity index is 1130. The normalized spacial score (nSPS) is 19.5. The van der Waals surface area contributed by atoms with Crippen LogP contribution in [0.25, 0.3) is 11.1 Å². The highest BCUT2D eigenvalue weighted by Crippen LogP contribution is 2.34. The minimum atomic E-state index is -1.18. The standard InChI is InChI=1S/C26H30ClN3O4/c1-5-29-20-11-8-17(16-6-9-18(27)10-7-16)14-19(20)23(32)30-13-12-28(15-21(30)24(29)33)25(34)22(31)26(2,3)4/h6-11,14,21-22,31H,5,12-13,15H2,1-4H3/t21?,22-/m1/s1. The molecule has 0 saturated carbocycles. The summed E-state index contributed by atoms with van der Waals surface area (Å²) in [7, 11) is 0. The van der Waals surface area contributed by atoms with Crippen LogP contribution in [0.4, 0.5) is 5.69 Å². The zero-order valence-electron chi connectivity index (χ0n) is 19.9. The lowest BCUT2D eigenvalue weighted by molar-refractivity contribution is -0.149. The van der Waals surface area contributed by atoms with E-state index < -0.39 is 23.5 Å². The van der Waals surface area contributed by atoms with Gasteiger partial charge in [0.1, 0.15) is 12.1 Å². The van der Waals surface area contributed by atoms with E-state index >= 15 is 0 Å². The average Bonchev–Trinajstić information content (AvgIpc) is 2.90. The second kappa shape index (κ2) is 9.04. The van der Waals surface area contributed by atoms with Gasteiger partial charge in [-0.05, 0) is 47.7 Å². The zero-order valence-corrected chi connectivity index (χ0v) is 20.7. The Labute approximate surface area is 204 Å². The molecule has 2 aromatic rings. The first-order valence-corrected chi connectivity index (χ1v) is 11.9. The number of nitrogens with zero attached hydrogens (tertiary/aromatic N) is 3. The molecule has 7 nitrogen and oxygen atoms in total. The van der Waals surface area contributed by atoms with Gasteiger partial charge in [0.2, 0.25) is 0 Å². The molecule has 1 fully saturated rings. The Morgan fingerprint density at radius 3 is 2.35 bits per heavy atom. The van der Waals surface area contributed by atoms with Crippen LogP contribution in [0.3, 0.4) is 0 Å². The summed E-state index contributed by atoms with van der Waals surface area (Å²) < 4.78 is 0. The van der Waals surface area contributed by atoms with Crippen LogP contribution in [-0.4, -0.2) is 71.0 Å². The zero-order chi connectivity index (χ0) is 24.8. The molecule has 0 spiro atoms. The van der Waals surface area contributed by atoms with E-state index in [-0.39, 0.29) is 31.4 Å². The predicted molar refractivity (Wildman–Crippen MR) is 132 cm³/mol. The maximum absolute atomic E-state index is 13.7. The second-order valence-corrected chi connectivity index (χ2v) is 10.3. The van der Waals surface area contributed by atoms with Crippen LogP contribution in [0, 0.1) is 5.41 Å². The largest absolute Gasteiger partial charge is 0.383 e. The third kappa shape index (κ3) is 4.30. The smallest absolute Gasteiger partial charge is 0.256 e. The number of halogens is 1. The van der Waals surface area contributed by atoms with Crippen LogP contribution < -0.4 is 4.90 Å². The van der Waals surface area contributed by atoms with Crippen molar-refractivity contribution in [2.45, 2.75) is 39.8 Å². The first kappa shape index (κ1) is 24.2. The van der Waals surface area contributed by atoms with Gasteiger partial charge in [0, 0.05) is 24.7 Å². The Balaban J connectivity index is 1.69. The van der Waals surface area contributed by atoms with E-state index in [2.05, 4.69) is 0 Å². The minimum absolute atomic E-state index is 0.0606. The summed E-state index contributed by atoms with van der Waals surface area (Å²) in [6.07, 6.45) is -1.18. The fraction of sp³-hybridized carbons (Fsp3) is 0.423. The van der Waals surface area contributed by atoms with Crippen molar-refractivity contribution in [1.29, 1.82) is 0 Å². The van der Waals surface area contributed by atoms with E-state index in [9.17, 15) is 19.5 Å². The van der Waals surface area contributed by atoms with Crippen molar-refractivity contribution in [2.24, 2.45) is 5.41 Å². The summed E-state index contributed by atoms with van der Waals surface area (Å²) in [5.41, 5.74) is 2.17. The van der Waals surface area contributed by atoms with Gasteiger partial charge in [0.15, 0.2) is 0 Å². The highest BCUT2D eigenvalue weighted by molar-refractivity contribution is 6.30. The molecule has 0 bridgehead atoms. The lowest BCUT2D eigenvalue weighted by Gasteiger charge is -2.41. The van der Waals surface area contributed by atoms with E-state index in [4.69, 9.17) is 11.6 Å². The van der Waals surface area contributed by atoms with Gasteiger partial charge >= 0.3 is 0 Å². The third-order valence-corrected chi connectivity index (χ3v) is 6.82. The van der Waals surface area contributed by atoms with E-state index in [0.29, 0.717) is 22.8 Å². The van der Waals surface area contributed by atoms with Crippen LogP contribution in [0.1, 0.15) is 38.1 Å². The van der Waals surface area contributed by atoms with Crippen molar-refractivity contribution in [3.05, 3.63) is 53.1 Å². The van der Waals surface area contributed by atoms with Gasteiger partial charge in [-0.2, -0.15) is 0 Å². The number of aliphatic hydroxyl groups is 1. The molecule has 180 valence electrons. The summed E-state index contributed by atoms with van der Waals surface area (Å²) in [6, 6.07) is 12.1. The van der Waals surface area contributed by atoms with Crippen LogP contribution in [0.5, 0.6) is 0 Å². The summed E-state index contributed by atoms with van der Waals surface area (Å²) in [5, 5.41) is 11.1. The number of hydrogen-bond donors (Lipinski definition) is 1. The molecule has 2 aromatic carbocycles. The van der Waals surface area contributed by atoms with Gasteiger partial charge in [0.05, 0.1) is 17.8 Å². The van der Waals surface area contributed by atoms with Crippen LogP contribution in [0.2, 0.25) is 5.02 Å². The van der Waals surface area contributed by atoms with Crippen molar-refractivity contribution < 1.29 is 19.5 Å². The number of carbonyl (C=O) groups is 3. The quantitative estimate of drug-likeness (QED) is 0.725. The molecule has 2 aliphatic rings. The molecule has 0 aliphatic carbocycles. The summed E-state index contributed by atoms with van der Waals surface area (Å²) in [5.74, 6) is -0.873. The van der Waals surface area contributed by atoms with Crippen LogP contribution in [-0.2, 0) is 9.59 Å². The van der Waals surface area contributed by atoms with Gasteiger partial charge in [-0.1, -0.05) is 50.6 Å². The molecule has 0 radical (unpaired) electrons. The number of anilines is 1. The number of hydrogen-bond acceptors (Lipinski definition) is 4. The predicted octanol–water partition coefficient (Wildman–Crippen LogP) is 3.43. The molecular weight excluding hydrogens is 454 g/mol. The molecule has 3 amide bonds. The molecule has 2 aliphatic heterocycles. The third-order valence-electron chi connectivity index (χ3n) is 6.57. The molecule has 2 heterocycles. The molecule has 2 atom stereocenters. The van der Waals surface area contributed by atoms with E-state index in [1.807, 2.05) is 37.3 Å². The molecular formula is C26H30ClN3O4. The van der Waals surface area contributed by atoms with E-state index in [1.54, 1.807) is 42.7 Å². The van der Waals surface area contributed by atoms with Crippen molar-refractivity contribution in [2.75, 3.05) is 31.1 Å². The Hall–Kier alpha value is -2.90. The minimum Gasteiger partial charge on any atom is -0.383 e. The van der Waals surface area contributed by atoms with Crippen molar-refractivity contribution in [3.63, 3.8) is 0 Å². The van der Waals surface area contributed by atoms with Crippen molar-refractivity contribution >= 4 is 35.0 Å². The fourth-order valence-electron chi connectivity index (χ4n) is 4.53. The van der Waals surface area contributed by atoms with Crippen molar-refractivity contribution in [1.82, 2.24) is 9.80 Å². The SMILES string of the molecule is CCN1C(=O)C2CN(C(=O)[C@@H](O)C(C)(C)C)CCN2C(=O)c2cc(-c3ccc(Cl)cc3)ccc21. The molecule has 0 aromatic heterocycles. The maximum atomic E-state index is 13.7. The Morgan fingerprint density at radius 1 is 1.09 bits per heavy atom. The number of carbonyl (C=O) groups excluding carboxylic acids is 3. The number of likely N-dealkylation sites (N-methyl/N-ethyl adjacent to an activating group) is 1. The molecule has 4 rings (SSSR count). The number of fused-ring (bicyclic) bond motifs is 2. The monoisotopic (exact) mass is 483 g/mol. The molecule has 1 N–H and O–H groups in total. The van der Waals surface area contributed by atoms with Gasteiger partial charge in [0.25, 0.3) is 17.7 Å².